The molecule has 0 unspecified atom stereocenters. The molecule has 0 saturated carbocycles. The zero-order valence-electron chi connectivity index (χ0n) is 22.5. The minimum atomic E-state index is 0.849. The van der Waals surface area contributed by atoms with Crippen LogP contribution < -0.4 is 0 Å². The van der Waals surface area contributed by atoms with Crippen molar-refractivity contribution < 1.29 is 4.42 Å². The van der Waals surface area contributed by atoms with Crippen LogP contribution in [0.5, 0.6) is 0 Å². The van der Waals surface area contributed by atoms with Crippen LogP contribution in [0.25, 0.3) is 83.0 Å². The molecule has 6 aromatic carbocycles. The number of hydrogen-bond acceptors (Lipinski definition) is 3. The van der Waals surface area contributed by atoms with Gasteiger partial charge >= 0.3 is 0 Å². The molecule has 0 radical (unpaired) electrons. The van der Waals surface area contributed by atoms with Gasteiger partial charge in [0.05, 0.1) is 38.8 Å². The van der Waals surface area contributed by atoms with Crippen LogP contribution in [-0.4, -0.2) is 14.5 Å². The highest BCUT2D eigenvalue weighted by molar-refractivity contribution is 6.23. The minimum absolute atomic E-state index is 0.849. The third kappa shape index (κ3) is 3.36. The first kappa shape index (κ1) is 23.0. The van der Waals surface area contributed by atoms with Gasteiger partial charge in [0.25, 0.3) is 0 Å². The minimum Gasteiger partial charge on any atom is -0.455 e. The summed E-state index contributed by atoms with van der Waals surface area (Å²) in [6.45, 7) is 0. The average Bonchev–Trinajstić information content (AvgIpc) is 3.60. The molecular formula is C38H23N3O. The summed E-state index contributed by atoms with van der Waals surface area (Å²) in [6.07, 6.45) is 0. The van der Waals surface area contributed by atoms with Crippen molar-refractivity contribution in [3.05, 3.63) is 140 Å². The van der Waals surface area contributed by atoms with Crippen molar-refractivity contribution in [2.75, 3.05) is 0 Å². The number of aromatic nitrogens is 3. The van der Waals surface area contributed by atoms with Gasteiger partial charge in [0, 0.05) is 33.0 Å². The number of benzene rings is 6. The normalized spacial score (nSPS) is 11.8. The Hall–Kier alpha value is -5.74. The second-order valence-corrected chi connectivity index (χ2v) is 10.6. The topological polar surface area (TPSA) is 43.9 Å². The lowest BCUT2D eigenvalue weighted by molar-refractivity contribution is 0.673. The summed E-state index contributed by atoms with van der Waals surface area (Å²) in [5.74, 6) is 0. The summed E-state index contributed by atoms with van der Waals surface area (Å²) in [7, 11) is 0. The fraction of sp³-hybridized carbons (Fsp3) is 0. The standard InChI is InChI=1S/C38H23N3O/c1-3-11-24(12-4-1)36-37(25-13-5-2-6-14-25)40-31-23-26(19-21-30(31)39-36)41-32-17-9-7-16-29(32)35-33(41)22-20-28-27-15-8-10-18-34(27)42-38(28)35/h1-23H. The van der Waals surface area contributed by atoms with Crippen LogP contribution in [0, 0.1) is 0 Å². The Bertz CT molecular complexity index is 2460. The summed E-state index contributed by atoms with van der Waals surface area (Å²) >= 11 is 0. The molecule has 0 bridgehead atoms. The number of hydrogen-bond donors (Lipinski definition) is 0. The largest absolute Gasteiger partial charge is 0.455 e. The third-order valence-corrected chi connectivity index (χ3v) is 8.18. The molecule has 0 N–H and O–H groups in total. The van der Waals surface area contributed by atoms with Crippen molar-refractivity contribution >= 4 is 54.8 Å². The fourth-order valence-corrected chi connectivity index (χ4v) is 6.29. The Morgan fingerprint density at radius 1 is 0.476 bits per heavy atom. The van der Waals surface area contributed by atoms with E-state index in [2.05, 4.69) is 95.6 Å². The molecule has 3 heterocycles. The average molecular weight is 538 g/mol. The molecule has 0 fully saturated rings. The van der Waals surface area contributed by atoms with Crippen LogP contribution in [0.15, 0.2) is 144 Å². The van der Waals surface area contributed by atoms with Crippen LogP contribution in [0.1, 0.15) is 0 Å². The van der Waals surface area contributed by atoms with Gasteiger partial charge < -0.3 is 8.98 Å². The lowest BCUT2D eigenvalue weighted by Gasteiger charge is -2.13. The first-order chi connectivity index (χ1) is 20.8. The molecule has 4 heteroatoms. The SMILES string of the molecule is c1ccc(-c2nc3ccc(-n4c5ccccc5c5c6oc7ccccc7c6ccc54)cc3nc2-c2ccccc2)cc1. The number of nitrogens with zero attached hydrogens (tertiary/aromatic N) is 3. The highest BCUT2D eigenvalue weighted by Gasteiger charge is 2.19. The maximum absolute atomic E-state index is 6.48. The van der Waals surface area contributed by atoms with E-state index >= 15 is 0 Å². The molecule has 42 heavy (non-hydrogen) atoms. The molecule has 0 amide bonds. The molecular weight excluding hydrogens is 514 g/mol. The van der Waals surface area contributed by atoms with Crippen LogP contribution >= 0.6 is 0 Å². The van der Waals surface area contributed by atoms with E-state index in [4.69, 9.17) is 14.4 Å². The summed E-state index contributed by atoms with van der Waals surface area (Å²) in [4.78, 5) is 10.4. The molecule has 0 aliphatic rings. The monoisotopic (exact) mass is 537 g/mol. The molecule has 0 aliphatic heterocycles. The summed E-state index contributed by atoms with van der Waals surface area (Å²) in [6, 6.07) is 48.2. The van der Waals surface area contributed by atoms with Gasteiger partial charge in [0.15, 0.2) is 0 Å². The number of furan rings is 1. The summed E-state index contributed by atoms with van der Waals surface area (Å²) < 4.78 is 8.79. The lowest BCUT2D eigenvalue weighted by atomic mass is 10.0. The van der Waals surface area contributed by atoms with Crippen molar-refractivity contribution in [1.29, 1.82) is 0 Å². The van der Waals surface area contributed by atoms with Crippen molar-refractivity contribution in [2.45, 2.75) is 0 Å². The zero-order valence-corrected chi connectivity index (χ0v) is 22.5. The summed E-state index contributed by atoms with van der Waals surface area (Å²) in [5, 5.41) is 4.55. The third-order valence-electron chi connectivity index (χ3n) is 8.18. The Kier molecular flexibility index (Phi) is 4.87. The van der Waals surface area contributed by atoms with Crippen molar-refractivity contribution in [2.24, 2.45) is 0 Å². The molecule has 0 aliphatic carbocycles. The summed E-state index contributed by atoms with van der Waals surface area (Å²) in [5.41, 5.74) is 10.6. The van der Waals surface area contributed by atoms with Crippen LogP contribution in [-0.2, 0) is 0 Å². The second kappa shape index (κ2) is 8.88. The maximum atomic E-state index is 6.48. The van der Waals surface area contributed by atoms with Gasteiger partial charge in [0.1, 0.15) is 11.2 Å². The van der Waals surface area contributed by atoms with Crippen LogP contribution in [0.3, 0.4) is 0 Å². The van der Waals surface area contributed by atoms with Gasteiger partial charge in [-0.25, -0.2) is 9.97 Å². The fourth-order valence-electron chi connectivity index (χ4n) is 6.29. The molecule has 0 saturated heterocycles. The predicted octanol–water partition coefficient (Wildman–Crippen LogP) is 9.96. The molecule has 196 valence electrons. The Morgan fingerprint density at radius 2 is 1.12 bits per heavy atom. The maximum Gasteiger partial charge on any atom is 0.145 e. The van der Waals surface area contributed by atoms with Crippen LogP contribution in [0.4, 0.5) is 0 Å². The van der Waals surface area contributed by atoms with E-state index in [1.54, 1.807) is 0 Å². The van der Waals surface area contributed by atoms with Gasteiger partial charge in [0.2, 0.25) is 0 Å². The smallest absolute Gasteiger partial charge is 0.145 e. The lowest BCUT2D eigenvalue weighted by Crippen LogP contribution is -1.98. The van der Waals surface area contributed by atoms with Gasteiger partial charge in [-0.3, -0.25) is 0 Å². The Balaban J connectivity index is 1.33. The predicted molar refractivity (Wildman–Crippen MR) is 172 cm³/mol. The van der Waals surface area contributed by atoms with Gasteiger partial charge in [-0.1, -0.05) is 97.1 Å². The number of rotatable bonds is 3. The highest BCUT2D eigenvalue weighted by Crippen LogP contribution is 2.41. The van der Waals surface area contributed by atoms with E-state index in [-0.39, 0.29) is 0 Å². The van der Waals surface area contributed by atoms with Crippen molar-refractivity contribution in [1.82, 2.24) is 14.5 Å². The van der Waals surface area contributed by atoms with Gasteiger partial charge in [-0.05, 0) is 42.5 Å². The van der Waals surface area contributed by atoms with E-state index in [1.807, 2.05) is 48.5 Å². The van der Waals surface area contributed by atoms with E-state index < -0.39 is 0 Å². The zero-order chi connectivity index (χ0) is 27.6. The molecule has 9 aromatic rings. The highest BCUT2D eigenvalue weighted by atomic mass is 16.3. The molecule has 4 nitrogen and oxygen atoms in total. The van der Waals surface area contributed by atoms with E-state index in [1.165, 1.54) is 0 Å². The van der Waals surface area contributed by atoms with Gasteiger partial charge in [-0.15, -0.1) is 0 Å². The first-order valence-electron chi connectivity index (χ1n) is 14.1. The van der Waals surface area contributed by atoms with Gasteiger partial charge in [-0.2, -0.15) is 0 Å². The molecule has 0 atom stereocenters. The Morgan fingerprint density at radius 3 is 1.88 bits per heavy atom. The van der Waals surface area contributed by atoms with Crippen LogP contribution in [0.2, 0.25) is 0 Å². The van der Waals surface area contributed by atoms with Crippen molar-refractivity contribution in [3.8, 4) is 28.2 Å². The molecule has 0 spiro atoms. The Labute approximate surface area is 241 Å². The molecule has 3 aromatic heterocycles. The first-order valence-corrected chi connectivity index (χ1v) is 14.1. The second-order valence-electron chi connectivity index (χ2n) is 10.6. The number of fused-ring (bicyclic) bond motifs is 8. The van der Waals surface area contributed by atoms with Crippen molar-refractivity contribution in [3.63, 3.8) is 0 Å². The number of para-hydroxylation sites is 2. The molecule has 9 rings (SSSR count). The quantitative estimate of drug-likeness (QED) is 0.225. The van der Waals surface area contributed by atoms with E-state index in [0.717, 1.165) is 83.0 Å². The van der Waals surface area contributed by atoms with E-state index in [0.29, 0.717) is 0 Å². The van der Waals surface area contributed by atoms with E-state index in [9.17, 15) is 0 Å².